The molecule has 2 heteroatoms. The van der Waals surface area contributed by atoms with Gasteiger partial charge in [0.05, 0.1) is 0 Å². The molecule has 0 saturated carbocycles. The lowest BCUT2D eigenvalue weighted by Crippen LogP contribution is -2.15. The van der Waals surface area contributed by atoms with E-state index in [1.54, 1.807) is 10.6 Å². The van der Waals surface area contributed by atoms with Crippen molar-refractivity contribution in [1.82, 2.24) is 0 Å². The molecule has 1 aromatic rings. The highest BCUT2D eigenvalue weighted by Crippen LogP contribution is 2.14. The van der Waals surface area contributed by atoms with Crippen LogP contribution in [-0.4, -0.2) is 12.3 Å². The van der Waals surface area contributed by atoms with Crippen molar-refractivity contribution in [2.75, 3.05) is 12.3 Å². The summed E-state index contributed by atoms with van der Waals surface area (Å²) >= 11 is 0. The van der Waals surface area contributed by atoms with Gasteiger partial charge in [0.1, 0.15) is 0 Å². The van der Waals surface area contributed by atoms with E-state index in [9.17, 15) is 0 Å². The molecule has 0 aliphatic carbocycles. The van der Waals surface area contributed by atoms with Crippen LogP contribution in [0.5, 0.6) is 0 Å². The van der Waals surface area contributed by atoms with Crippen molar-refractivity contribution in [3.63, 3.8) is 0 Å². The van der Waals surface area contributed by atoms with E-state index >= 15 is 0 Å². The Morgan fingerprint density at radius 3 is 1.67 bits per heavy atom. The van der Waals surface area contributed by atoms with E-state index in [2.05, 4.69) is 38.1 Å². The summed E-state index contributed by atoms with van der Waals surface area (Å²) in [6.07, 6.45) is 2.57. The predicted octanol–water partition coefficient (Wildman–Crippen LogP) is 2.33. The summed E-state index contributed by atoms with van der Waals surface area (Å²) in [7, 11) is 2.01. The Labute approximate surface area is 78.7 Å². The van der Waals surface area contributed by atoms with Crippen molar-refractivity contribution >= 4 is 27.8 Å². The van der Waals surface area contributed by atoms with Crippen molar-refractivity contribution in [1.29, 1.82) is 0 Å². The first kappa shape index (κ1) is 10.2. The monoisotopic (exact) mass is 198 g/mol. The van der Waals surface area contributed by atoms with Gasteiger partial charge in [-0.05, 0) is 22.9 Å². The van der Waals surface area contributed by atoms with Crippen LogP contribution in [0.4, 0.5) is 0 Å². The summed E-state index contributed by atoms with van der Waals surface area (Å²) < 4.78 is 0. The quantitative estimate of drug-likeness (QED) is 0.651. The Balaban J connectivity index is 2.77. The first-order valence-electron chi connectivity index (χ1n) is 4.45. The minimum Gasteiger partial charge on any atom is -0.0900 e. The van der Waals surface area contributed by atoms with Crippen LogP contribution in [-0.2, 0) is 0 Å². The van der Waals surface area contributed by atoms with Gasteiger partial charge in [0.2, 0.25) is 0 Å². The number of rotatable bonds is 4. The maximum absolute atomic E-state index is 2.28. The van der Waals surface area contributed by atoms with Crippen molar-refractivity contribution in [3.8, 4) is 0 Å². The summed E-state index contributed by atoms with van der Waals surface area (Å²) in [6, 6.07) is 8.86. The number of hydrogen-bond donors (Lipinski definition) is 0. The smallest absolute Gasteiger partial charge is 0.0198 e. The van der Waals surface area contributed by atoms with E-state index in [1.807, 2.05) is 0 Å². The molecule has 0 amide bonds. The van der Waals surface area contributed by atoms with Gasteiger partial charge < -0.3 is 0 Å². The first-order chi connectivity index (χ1) is 5.88. The molecule has 66 valence electrons. The summed E-state index contributed by atoms with van der Waals surface area (Å²) in [5.41, 5.74) is 0. The maximum Gasteiger partial charge on any atom is -0.0198 e. The zero-order chi connectivity index (χ0) is 8.81. The van der Waals surface area contributed by atoms with Gasteiger partial charge in [-0.15, -0.1) is 0 Å². The standard InChI is InChI=1S/C10H16P2/c1-3-11-9-7-5-6-8-10(9)12-4-2/h5-8,11-12H,3-4H2,1-2H3. The van der Waals surface area contributed by atoms with Gasteiger partial charge in [-0.2, -0.15) is 0 Å². The van der Waals surface area contributed by atoms with Gasteiger partial charge in [0.15, 0.2) is 0 Å². The van der Waals surface area contributed by atoms with Gasteiger partial charge in [0, 0.05) is 0 Å². The molecular formula is C10H16P2. The van der Waals surface area contributed by atoms with Crippen LogP contribution in [0.3, 0.4) is 0 Å². The number of hydrogen-bond acceptors (Lipinski definition) is 0. The first-order valence-corrected chi connectivity index (χ1v) is 6.86. The van der Waals surface area contributed by atoms with E-state index in [0.29, 0.717) is 0 Å². The fourth-order valence-electron chi connectivity index (χ4n) is 1.17. The van der Waals surface area contributed by atoms with Gasteiger partial charge in [-0.1, -0.05) is 55.3 Å². The average molecular weight is 198 g/mol. The summed E-state index contributed by atoms with van der Waals surface area (Å²) in [5, 5.41) is 3.17. The van der Waals surface area contributed by atoms with Crippen LogP contribution in [0, 0.1) is 0 Å². The lowest BCUT2D eigenvalue weighted by atomic mass is 10.4. The normalized spacial score (nSPS) is 12.2. The molecule has 12 heavy (non-hydrogen) atoms. The second kappa shape index (κ2) is 5.68. The third kappa shape index (κ3) is 2.85. The van der Waals surface area contributed by atoms with Crippen LogP contribution in [0.15, 0.2) is 24.3 Å². The third-order valence-corrected chi connectivity index (χ3v) is 4.25. The minimum absolute atomic E-state index is 1.00. The molecule has 1 rings (SSSR count). The third-order valence-electron chi connectivity index (χ3n) is 1.66. The van der Waals surface area contributed by atoms with Crippen molar-refractivity contribution in [2.24, 2.45) is 0 Å². The molecule has 2 atom stereocenters. The van der Waals surface area contributed by atoms with E-state index in [0.717, 1.165) is 17.2 Å². The lowest BCUT2D eigenvalue weighted by Gasteiger charge is -2.06. The molecule has 0 aliphatic heterocycles. The summed E-state index contributed by atoms with van der Waals surface area (Å²) in [5.74, 6) is 0. The molecule has 0 aliphatic rings. The maximum atomic E-state index is 2.28. The molecule has 0 nitrogen and oxygen atoms in total. The molecular weight excluding hydrogens is 182 g/mol. The zero-order valence-electron chi connectivity index (χ0n) is 7.72. The SMILES string of the molecule is CCPc1ccccc1PCC. The largest absolute Gasteiger partial charge is 0.0900 e. The van der Waals surface area contributed by atoms with Gasteiger partial charge >= 0.3 is 0 Å². The fraction of sp³-hybridized carbons (Fsp3) is 0.400. The molecule has 0 fully saturated rings. The Morgan fingerprint density at radius 1 is 0.917 bits per heavy atom. The molecule has 0 aromatic heterocycles. The van der Waals surface area contributed by atoms with E-state index in [-0.39, 0.29) is 0 Å². The van der Waals surface area contributed by atoms with Crippen molar-refractivity contribution in [2.45, 2.75) is 13.8 Å². The summed E-state index contributed by atoms with van der Waals surface area (Å²) in [4.78, 5) is 0. The van der Waals surface area contributed by atoms with E-state index in [4.69, 9.17) is 0 Å². The van der Waals surface area contributed by atoms with E-state index in [1.165, 1.54) is 12.3 Å². The van der Waals surface area contributed by atoms with Crippen LogP contribution in [0.25, 0.3) is 0 Å². The molecule has 0 N–H and O–H groups in total. The second-order valence-electron chi connectivity index (χ2n) is 2.61. The second-order valence-corrected chi connectivity index (χ2v) is 5.80. The van der Waals surface area contributed by atoms with Gasteiger partial charge in [-0.25, -0.2) is 0 Å². The van der Waals surface area contributed by atoms with Crippen LogP contribution < -0.4 is 10.6 Å². The molecule has 2 unspecified atom stereocenters. The molecule has 0 spiro atoms. The van der Waals surface area contributed by atoms with Crippen LogP contribution in [0.1, 0.15) is 13.8 Å². The predicted molar refractivity (Wildman–Crippen MR) is 63.4 cm³/mol. The van der Waals surface area contributed by atoms with Gasteiger partial charge in [0.25, 0.3) is 0 Å². The van der Waals surface area contributed by atoms with E-state index < -0.39 is 0 Å². The van der Waals surface area contributed by atoms with Crippen molar-refractivity contribution in [3.05, 3.63) is 24.3 Å². The van der Waals surface area contributed by atoms with Crippen LogP contribution in [0.2, 0.25) is 0 Å². The Kier molecular flexibility index (Phi) is 4.81. The molecule has 1 aromatic carbocycles. The fourth-order valence-corrected chi connectivity index (χ4v) is 3.44. The average Bonchev–Trinajstić information content (AvgIpc) is 2.09. The highest BCUT2D eigenvalue weighted by atomic mass is 31.1. The lowest BCUT2D eigenvalue weighted by molar-refractivity contribution is 1.52. The molecule has 0 bridgehead atoms. The van der Waals surface area contributed by atoms with Gasteiger partial charge in [-0.3, -0.25) is 0 Å². The molecule has 0 saturated heterocycles. The Hall–Kier alpha value is 0.0800. The van der Waals surface area contributed by atoms with Crippen LogP contribution >= 0.6 is 17.2 Å². The Morgan fingerprint density at radius 2 is 1.33 bits per heavy atom. The molecule has 0 radical (unpaired) electrons. The minimum atomic E-state index is 1.00. The zero-order valence-corrected chi connectivity index (χ0v) is 9.72. The highest BCUT2D eigenvalue weighted by molar-refractivity contribution is 7.54. The molecule has 0 heterocycles. The number of benzene rings is 1. The highest BCUT2D eigenvalue weighted by Gasteiger charge is 1.97. The Bertz CT molecular complexity index is 208. The topological polar surface area (TPSA) is 0 Å². The van der Waals surface area contributed by atoms with Crippen molar-refractivity contribution < 1.29 is 0 Å². The summed E-state index contributed by atoms with van der Waals surface area (Å²) in [6.45, 7) is 4.51.